The second-order valence-corrected chi connectivity index (χ2v) is 6.54. The summed E-state index contributed by atoms with van der Waals surface area (Å²) >= 11 is 3.17. The topological polar surface area (TPSA) is 58.2 Å². The summed E-state index contributed by atoms with van der Waals surface area (Å²) in [5.41, 5.74) is 0.334. The van der Waals surface area contributed by atoms with Crippen molar-refractivity contribution in [1.29, 1.82) is 0 Å². The zero-order valence-corrected chi connectivity index (χ0v) is 12.9. The van der Waals surface area contributed by atoms with Gasteiger partial charge in [-0.15, -0.1) is 0 Å². The molecular weight excluding hydrogens is 347 g/mol. The van der Waals surface area contributed by atoms with Crippen LogP contribution in [-0.4, -0.2) is 15.5 Å². The number of halogens is 2. The Hall–Kier alpha value is -1.60. The highest BCUT2D eigenvalue weighted by molar-refractivity contribution is 9.10. The van der Waals surface area contributed by atoms with Crippen LogP contribution < -0.4 is 10.0 Å². The van der Waals surface area contributed by atoms with Crippen molar-refractivity contribution in [2.45, 2.75) is 4.90 Å². The molecule has 0 amide bonds. The zero-order chi connectivity index (χ0) is 14.8. The van der Waals surface area contributed by atoms with Gasteiger partial charge in [0.15, 0.2) is 0 Å². The van der Waals surface area contributed by atoms with E-state index in [2.05, 4.69) is 26.0 Å². The van der Waals surface area contributed by atoms with Crippen LogP contribution in [0.15, 0.2) is 51.8 Å². The second kappa shape index (κ2) is 5.80. The fourth-order valence-corrected chi connectivity index (χ4v) is 3.32. The number of para-hydroxylation sites is 1. The highest BCUT2D eigenvalue weighted by Crippen LogP contribution is 2.26. The molecule has 0 unspecified atom stereocenters. The number of rotatable bonds is 4. The molecule has 0 spiro atoms. The number of nitrogens with one attached hydrogen (secondary N) is 2. The quantitative estimate of drug-likeness (QED) is 0.880. The van der Waals surface area contributed by atoms with Crippen LogP contribution in [0.2, 0.25) is 0 Å². The van der Waals surface area contributed by atoms with Gasteiger partial charge in [-0.05, 0) is 30.3 Å². The molecule has 0 saturated carbocycles. The van der Waals surface area contributed by atoms with Crippen LogP contribution in [-0.2, 0) is 10.0 Å². The molecule has 2 aromatic rings. The molecule has 0 aromatic heterocycles. The lowest BCUT2D eigenvalue weighted by Crippen LogP contribution is -2.15. The second-order valence-electron chi connectivity index (χ2n) is 3.98. The molecule has 106 valence electrons. The van der Waals surface area contributed by atoms with E-state index in [0.717, 1.165) is 0 Å². The van der Waals surface area contributed by atoms with E-state index in [1.54, 1.807) is 25.2 Å². The van der Waals surface area contributed by atoms with E-state index >= 15 is 0 Å². The third-order valence-corrected chi connectivity index (χ3v) is 4.54. The number of anilines is 2. The number of hydrogen-bond acceptors (Lipinski definition) is 3. The van der Waals surface area contributed by atoms with Gasteiger partial charge in [-0.1, -0.05) is 28.1 Å². The van der Waals surface area contributed by atoms with Crippen molar-refractivity contribution in [3.63, 3.8) is 0 Å². The normalized spacial score (nSPS) is 11.2. The lowest BCUT2D eigenvalue weighted by molar-refractivity contribution is 0.599. The lowest BCUT2D eigenvalue weighted by Gasteiger charge is -2.12. The van der Waals surface area contributed by atoms with Crippen molar-refractivity contribution in [3.05, 3.63) is 52.8 Å². The molecule has 0 aliphatic carbocycles. The molecular formula is C13H12BrFN2O2S. The van der Waals surface area contributed by atoms with E-state index in [1.807, 2.05) is 0 Å². The summed E-state index contributed by atoms with van der Waals surface area (Å²) in [5, 5.41) is 2.79. The average molecular weight is 359 g/mol. The van der Waals surface area contributed by atoms with E-state index in [4.69, 9.17) is 0 Å². The van der Waals surface area contributed by atoms with Crippen molar-refractivity contribution >= 4 is 37.3 Å². The summed E-state index contributed by atoms with van der Waals surface area (Å²) in [5.74, 6) is -0.640. The summed E-state index contributed by atoms with van der Waals surface area (Å²) < 4.78 is 41.1. The molecule has 7 heteroatoms. The minimum absolute atomic E-state index is 0.0573. The number of benzene rings is 2. The van der Waals surface area contributed by atoms with Crippen LogP contribution in [0.3, 0.4) is 0 Å². The SMILES string of the molecule is CNc1ccccc1S(=O)(=O)Nc1cc(Br)ccc1F. The first kappa shape index (κ1) is 14.8. The molecule has 2 aromatic carbocycles. The molecule has 0 radical (unpaired) electrons. The van der Waals surface area contributed by atoms with Gasteiger partial charge < -0.3 is 5.32 Å². The van der Waals surface area contributed by atoms with E-state index in [-0.39, 0.29) is 10.6 Å². The Balaban J connectivity index is 2.43. The molecule has 20 heavy (non-hydrogen) atoms. The fourth-order valence-electron chi connectivity index (χ4n) is 1.68. The van der Waals surface area contributed by atoms with Crippen molar-refractivity contribution < 1.29 is 12.8 Å². The Labute approximate surface area is 125 Å². The minimum Gasteiger partial charge on any atom is -0.387 e. The maximum Gasteiger partial charge on any atom is 0.264 e. The molecule has 2 rings (SSSR count). The first-order chi connectivity index (χ1) is 9.44. The maximum absolute atomic E-state index is 13.6. The minimum atomic E-state index is -3.87. The Morgan fingerprint density at radius 1 is 1.10 bits per heavy atom. The Morgan fingerprint density at radius 2 is 1.80 bits per heavy atom. The van der Waals surface area contributed by atoms with Gasteiger partial charge in [-0.3, -0.25) is 4.72 Å². The predicted molar refractivity (Wildman–Crippen MR) is 80.9 cm³/mol. The maximum atomic E-state index is 13.6. The van der Waals surface area contributed by atoms with Crippen LogP contribution in [0.1, 0.15) is 0 Å². The smallest absolute Gasteiger partial charge is 0.264 e. The van der Waals surface area contributed by atoms with Crippen molar-refractivity contribution in [3.8, 4) is 0 Å². The number of hydrogen-bond donors (Lipinski definition) is 2. The molecule has 4 nitrogen and oxygen atoms in total. The average Bonchev–Trinajstić information content (AvgIpc) is 2.42. The molecule has 0 atom stereocenters. The molecule has 2 N–H and O–H groups in total. The van der Waals surface area contributed by atoms with Gasteiger partial charge in [0.1, 0.15) is 10.7 Å². The first-order valence-corrected chi connectivity index (χ1v) is 7.96. The summed E-state index contributed by atoms with van der Waals surface area (Å²) in [6.07, 6.45) is 0. The van der Waals surface area contributed by atoms with Gasteiger partial charge in [-0.2, -0.15) is 0 Å². The third-order valence-electron chi connectivity index (χ3n) is 2.62. The third kappa shape index (κ3) is 3.10. The van der Waals surface area contributed by atoms with Gasteiger partial charge in [-0.25, -0.2) is 12.8 Å². The summed E-state index contributed by atoms with van der Waals surface area (Å²) in [4.78, 5) is 0.0573. The lowest BCUT2D eigenvalue weighted by atomic mass is 10.3. The van der Waals surface area contributed by atoms with E-state index in [1.165, 1.54) is 24.3 Å². The van der Waals surface area contributed by atoms with Crippen molar-refractivity contribution in [1.82, 2.24) is 0 Å². The summed E-state index contributed by atoms with van der Waals surface area (Å²) in [7, 11) is -2.25. The zero-order valence-electron chi connectivity index (χ0n) is 10.5. The van der Waals surface area contributed by atoms with Crippen molar-refractivity contribution in [2.24, 2.45) is 0 Å². The van der Waals surface area contributed by atoms with Gasteiger partial charge in [0.05, 0.1) is 11.4 Å². The number of sulfonamides is 1. The molecule has 0 aliphatic rings. The summed E-state index contributed by atoms with van der Waals surface area (Å²) in [6.45, 7) is 0. The largest absolute Gasteiger partial charge is 0.387 e. The van der Waals surface area contributed by atoms with Gasteiger partial charge >= 0.3 is 0 Å². The molecule has 0 aliphatic heterocycles. The first-order valence-electron chi connectivity index (χ1n) is 5.68. The van der Waals surface area contributed by atoms with Gasteiger partial charge in [0, 0.05) is 11.5 Å². The molecule has 0 saturated heterocycles. The van der Waals surface area contributed by atoms with E-state index < -0.39 is 15.8 Å². The van der Waals surface area contributed by atoms with Crippen molar-refractivity contribution in [2.75, 3.05) is 17.1 Å². The Kier molecular flexibility index (Phi) is 4.29. The van der Waals surface area contributed by atoms with E-state index in [9.17, 15) is 12.8 Å². The molecule has 0 bridgehead atoms. The summed E-state index contributed by atoms with van der Waals surface area (Å²) in [6, 6.07) is 10.4. The fraction of sp³-hybridized carbons (Fsp3) is 0.0769. The predicted octanol–water partition coefficient (Wildman–Crippen LogP) is 3.43. The Bertz CT molecular complexity index is 735. The Morgan fingerprint density at radius 3 is 2.50 bits per heavy atom. The van der Waals surface area contributed by atoms with Crippen LogP contribution in [0.4, 0.5) is 15.8 Å². The van der Waals surface area contributed by atoms with Gasteiger partial charge in [0.2, 0.25) is 0 Å². The van der Waals surface area contributed by atoms with Crippen LogP contribution in [0, 0.1) is 5.82 Å². The highest BCUT2D eigenvalue weighted by atomic mass is 79.9. The standard InChI is InChI=1S/C13H12BrFN2O2S/c1-16-11-4-2-3-5-13(11)20(18,19)17-12-8-9(14)6-7-10(12)15/h2-8,16-17H,1H3. The van der Waals surface area contributed by atoms with Gasteiger partial charge in [0.25, 0.3) is 10.0 Å². The monoisotopic (exact) mass is 358 g/mol. The van der Waals surface area contributed by atoms with E-state index in [0.29, 0.717) is 10.2 Å². The van der Waals surface area contributed by atoms with Crippen LogP contribution in [0.5, 0.6) is 0 Å². The van der Waals surface area contributed by atoms with Crippen LogP contribution >= 0.6 is 15.9 Å². The molecule has 0 fully saturated rings. The molecule has 0 heterocycles. The highest BCUT2D eigenvalue weighted by Gasteiger charge is 2.19. The van der Waals surface area contributed by atoms with Crippen LogP contribution in [0.25, 0.3) is 0 Å².